The van der Waals surface area contributed by atoms with Crippen LogP contribution in [0.2, 0.25) is 0 Å². The molecule has 148 valence electrons. The lowest BCUT2D eigenvalue weighted by Gasteiger charge is -2.30. The third kappa shape index (κ3) is 3.51. The van der Waals surface area contributed by atoms with Crippen LogP contribution in [-0.4, -0.2) is 23.3 Å². The van der Waals surface area contributed by atoms with Crippen molar-refractivity contribution in [2.45, 2.75) is 32.9 Å². The predicted molar refractivity (Wildman–Crippen MR) is 93.7 cm³/mol. The summed E-state index contributed by atoms with van der Waals surface area (Å²) in [7, 11) is 1.22. The van der Waals surface area contributed by atoms with E-state index in [-0.39, 0.29) is 17.0 Å². The summed E-state index contributed by atoms with van der Waals surface area (Å²) >= 11 is 0. The maximum Gasteiger partial charge on any atom is 0.416 e. The van der Waals surface area contributed by atoms with Crippen LogP contribution in [0, 0.1) is 6.92 Å². The van der Waals surface area contributed by atoms with Gasteiger partial charge < -0.3 is 14.5 Å². The molecule has 1 aliphatic rings. The Hall–Kier alpha value is -3.10. The molecular formula is C19H18F3N3O3. The molecule has 0 spiro atoms. The molecule has 0 bridgehead atoms. The molecule has 6 nitrogen and oxygen atoms in total. The Balaban J connectivity index is 2.25. The summed E-state index contributed by atoms with van der Waals surface area (Å²) in [6.45, 7) is 4.99. The largest absolute Gasteiger partial charge is 0.466 e. The zero-order valence-electron chi connectivity index (χ0n) is 15.6. The lowest BCUT2D eigenvalue weighted by molar-refractivity contribution is -0.137. The highest BCUT2D eigenvalue weighted by Crippen LogP contribution is 2.44. The Bertz CT molecular complexity index is 990. The molecule has 0 saturated carbocycles. The van der Waals surface area contributed by atoms with Crippen molar-refractivity contribution >= 4 is 11.5 Å². The van der Waals surface area contributed by atoms with Crippen molar-refractivity contribution in [3.63, 3.8) is 0 Å². The quantitative estimate of drug-likeness (QED) is 0.796. The average Bonchev–Trinajstić information content (AvgIpc) is 3.05. The molecule has 2 aromatic rings. The number of aromatic nitrogens is 2. The summed E-state index contributed by atoms with van der Waals surface area (Å²) in [5, 5.41) is 10.9. The van der Waals surface area contributed by atoms with Crippen molar-refractivity contribution in [2.75, 3.05) is 7.11 Å². The number of benzene rings is 1. The van der Waals surface area contributed by atoms with E-state index in [4.69, 9.17) is 9.15 Å². The number of hydrogen-bond acceptors (Lipinski definition) is 6. The molecule has 3 rings (SSSR count). The van der Waals surface area contributed by atoms with E-state index >= 15 is 0 Å². The van der Waals surface area contributed by atoms with Crippen molar-refractivity contribution in [2.24, 2.45) is 0 Å². The predicted octanol–water partition coefficient (Wildman–Crippen LogP) is 3.96. The van der Waals surface area contributed by atoms with Gasteiger partial charge in [0.05, 0.1) is 24.2 Å². The third-order valence-corrected chi connectivity index (χ3v) is 4.47. The molecule has 0 aliphatic carbocycles. The van der Waals surface area contributed by atoms with Crippen molar-refractivity contribution in [1.29, 1.82) is 0 Å². The maximum atomic E-state index is 13.3. The molecule has 9 heteroatoms. The monoisotopic (exact) mass is 393 g/mol. The molecule has 0 fully saturated rings. The number of aryl methyl sites for hydroxylation is 1. The van der Waals surface area contributed by atoms with Crippen LogP contribution in [0.4, 0.5) is 13.2 Å². The van der Waals surface area contributed by atoms with Crippen LogP contribution in [0.1, 0.15) is 42.7 Å². The van der Waals surface area contributed by atoms with Crippen LogP contribution < -0.4 is 5.32 Å². The van der Waals surface area contributed by atoms with Crippen LogP contribution in [0.15, 0.2) is 45.6 Å². The lowest BCUT2D eigenvalue weighted by atomic mass is 9.80. The fraction of sp³-hybridized carbons (Fsp3) is 0.316. The molecule has 1 aromatic carbocycles. The van der Waals surface area contributed by atoms with E-state index in [1.807, 2.05) is 0 Å². The molecule has 1 atom stereocenters. The van der Waals surface area contributed by atoms with Gasteiger partial charge in [-0.15, -0.1) is 10.2 Å². The molecule has 0 amide bonds. The van der Waals surface area contributed by atoms with Crippen molar-refractivity contribution in [3.8, 4) is 0 Å². The highest BCUT2D eigenvalue weighted by Gasteiger charge is 2.38. The number of esters is 1. The van der Waals surface area contributed by atoms with Crippen LogP contribution in [-0.2, 0) is 15.7 Å². The third-order valence-electron chi connectivity index (χ3n) is 4.47. The molecule has 0 radical (unpaired) electrons. The zero-order chi connectivity index (χ0) is 20.6. The second-order valence-corrected chi connectivity index (χ2v) is 6.38. The number of ether oxygens (including phenoxy) is 1. The van der Waals surface area contributed by atoms with Crippen molar-refractivity contribution in [3.05, 3.63) is 64.1 Å². The minimum absolute atomic E-state index is 0.124. The standard InChI is InChI=1S/C19H18F3N3O3/c1-9-14(17-25-24-11(3)28-17)16(15(10(2)23-9)18(26)27-4)12-6-5-7-13(8-12)19(20,21)22/h5-8,16,23H,1-4H3. The lowest BCUT2D eigenvalue weighted by Crippen LogP contribution is -2.28. The molecule has 2 heterocycles. The number of allylic oxidation sites excluding steroid dienone is 3. The van der Waals surface area contributed by atoms with Gasteiger partial charge in [-0.3, -0.25) is 0 Å². The summed E-state index contributed by atoms with van der Waals surface area (Å²) in [4.78, 5) is 12.5. The number of hydrogen-bond donors (Lipinski definition) is 1. The van der Waals surface area contributed by atoms with Gasteiger partial charge >= 0.3 is 12.1 Å². The SMILES string of the molecule is COC(=O)C1=C(C)NC(C)=C(c2nnc(C)o2)C1c1cccc(C(F)(F)F)c1. The number of dihydropyridines is 1. The second-order valence-electron chi connectivity index (χ2n) is 6.38. The van der Waals surface area contributed by atoms with Crippen LogP contribution in [0.5, 0.6) is 0 Å². The van der Waals surface area contributed by atoms with Gasteiger partial charge in [0.1, 0.15) is 0 Å². The first kappa shape index (κ1) is 19.7. The number of alkyl halides is 3. The van der Waals surface area contributed by atoms with Gasteiger partial charge in [-0.2, -0.15) is 13.2 Å². The van der Waals surface area contributed by atoms with Gasteiger partial charge in [0.25, 0.3) is 0 Å². The van der Waals surface area contributed by atoms with Crippen LogP contribution in [0.3, 0.4) is 0 Å². The van der Waals surface area contributed by atoms with Gasteiger partial charge in [0.2, 0.25) is 11.8 Å². The van der Waals surface area contributed by atoms with E-state index < -0.39 is 23.6 Å². The summed E-state index contributed by atoms with van der Waals surface area (Å²) in [6.07, 6.45) is -4.52. The molecule has 1 unspecified atom stereocenters. The van der Waals surface area contributed by atoms with Crippen LogP contribution in [0.25, 0.3) is 5.57 Å². The van der Waals surface area contributed by atoms with Gasteiger partial charge in [-0.1, -0.05) is 18.2 Å². The highest BCUT2D eigenvalue weighted by molar-refractivity contribution is 5.96. The first-order valence-electron chi connectivity index (χ1n) is 8.38. The minimum Gasteiger partial charge on any atom is -0.466 e. The maximum absolute atomic E-state index is 13.3. The van der Waals surface area contributed by atoms with Crippen LogP contribution >= 0.6 is 0 Å². The first-order valence-corrected chi connectivity index (χ1v) is 8.38. The number of carbonyl (C=O) groups is 1. The fourth-order valence-corrected chi connectivity index (χ4v) is 3.29. The Kier molecular flexibility index (Phi) is 5.01. The fourth-order valence-electron chi connectivity index (χ4n) is 3.29. The van der Waals surface area contributed by atoms with Gasteiger partial charge in [0, 0.05) is 23.9 Å². The number of nitrogens with one attached hydrogen (secondary N) is 1. The molecule has 1 aliphatic heterocycles. The number of rotatable bonds is 3. The topological polar surface area (TPSA) is 77.2 Å². The van der Waals surface area contributed by atoms with Gasteiger partial charge in [-0.05, 0) is 25.5 Å². The van der Waals surface area contributed by atoms with E-state index in [1.165, 1.54) is 19.2 Å². The molecule has 0 saturated heterocycles. The summed E-state index contributed by atoms with van der Waals surface area (Å²) < 4.78 is 50.2. The number of halogens is 3. The van der Waals surface area contributed by atoms with Crippen molar-refractivity contribution < 1.29 is 27.1 Å². The Morgan fingerprint density at radius 2 is 1.89 bits per heavy atom. The second kappa shape index (κ2) is 7.14. The number of nitrogens with zero attached hydrogens (tertiary/aromatic N) is 2. The molecule has 1 N–H and O–H groups in total. The van der Waals surface area contributed by atoms with E-state index in [9.17, 15) is 18.0 Å². The van der Waals surface area contributed by atoms with Gasteiger partial charge in [-0.25, -0.2) is 4.79 Å². The van der Waals surface area contributed by atoms with Gasteiger partial charge in [0.15, 0.2) is 0 Å². The molecule has 1 aromatic heterocycles. The molecular weight excluding hydrogens is 375 g/mol. The van der Waals surface area contributed by atoms with E-state index in [0.717, 1.165) is 12.1 Å². The van der Waals surface area contributed by atoms with E-state index in [1.54, 1.807) is 20.8 Å². The first-order chi connectivity index (χ1) is 13.1. The van der Waals surface area contributed by atoms with Crippen molar-refractivity contribution in [1.82, 2.24) is 15.5 Å². The summed E-state index contributed by atoms with van der Waals surface area (Å²) in [6, 6.07) is 4.82. The highest BCUT2D eigenvalue weighted by atomic mass is 19.4. The van der Waals surface area contributed by atoms with E-state index in [2.05, 4.69) is 15.5 Å². The summed E-state index contributed by atoms with van der Waals surface area (Å²) in [5.41, 5.74) is 1.12. The summed E-state index contributed by atoms with van der Waals surface area (Å²) in [5.74, 6) is -1.10. The normalized spacial score (nSPS) is 17.6. The molecule has 28 heavy (non-hydrogen) atoms. The average molecular weight is 393 g/mol. The zero-order valence-corrected chi connectivity index (χ0v) is 15.6. The smallest absolute Gasteiger partial charge is 0.416 e. The Labute approximate surface area is 159 Å². The number of methoxy groups -OCH3 is 1. The number of carbonyl (C=O) groups excluding carboxylic acids is 1. The van der Waals surface area contributed by atoms with E-state index in [0.29, 0.717) is 22.9 Å². The Morgan fingerprint density at radius 1 is 1.18 bits per heavy atom. The Morgan fingerprint density at radius 3 is 2.46 bits per heavy atom. The minimum atomic E-state index is -4.52.